The van der Waals surface area contributed by atoms with Gasteiger partial charge in [-0.05, 0) is 17.7 Å². The number of phenols is 1. The van der Waals surface area contributed by atoms with Crippen molar-refractivity contribution in [2.45, 2.75) is 6.92 Å². The molecule has 0 aromatic heterocycles. The van der Waals surface area contributed by atoms with Gasteiger partial charge in [0.05, 0.1) is 6.26 Å². The fourth-order valence-corrected chi connectivity index (χ4v) is 0.545. The topological polar surface area (TPSA) is 46.5 Å². The number of halogens is 1. The van der Waals surface area contributed by atoms with Crippen LogP contribution in [-0.2, 0) is 9.53 Å². The fraction of sp³-hybridized carbons (Fsp3) is 0.0833. The normalized spacial score (nSPS) is 7.12. The molecule has 16 heavy (non-hydrogen) atoms. The first-order valence-corrected chi connectivity index (χ1v) is 4.75. The van der Waals surface area contributed by atoms with Crippen LogP contribution < -0.4 is 0 Å². The molecule has 3 nitrogen and oxygen atoms in total. The van der Waals surface area contributed by atoms with E-state index in [0.717, 1.165) is 6.26 Å². The van der Waals surface area contributed by atoms with E-state index in [9.17, 15) is 4.79 Å². The average molecular weight is 243 g/mol. The van der Waals surface area contributed by atoms with E-state index in [0.29, 0.717) is 5.75 Å². The van der Waals surface area contributed by atoms with Crippen LogP contribution in [0, 0.1) is 0 Å². The summed E-state index contributed by atoms with van der Waals surface area (Å²) in [5.74, 6) is -0.00694. The van der Waals surface area contributed by atoms with Gasteiger partial charge in [0.2, 0.25) is 0 Å². The Labute approximate surface area is 101 Å². The summed E-state index contributed by atoms with van der Waals surface area (Å²) >= 11 is 4.76. The molecule has 0 saturated heterocycles. The minimum absolute atomic E-state index is 0.322. The van der Waals surface area contributed by atoms with Crippen LogP contribution in [0.3, 0.4) is 0 Å². The number of para-hydroxylation sites is 1. The van der Waals surface area contributed by atoms with Gasteiger partial charge in [0.15, 0.2) is 0 Å². The van der Waals surface area contributed by atoms with E-state index < -0.39 is 0 Å². The molecule has 1 rings (SSSR count). The highest BCUT2D eigenvalue weighted by Gasteiger charge is 1.79. The molecule has 0 aliphatic rings. The molecule has 0 aliphatic carbocycles. The number of hydrogen-bond donors (Lipinski definition) is 1. The molecule has 0 amide bonds. The Hall–Kier alpha value is -1.74. The van der Waals surface area contributed by atoms with Crippen molar-refractivity contribution in [2.75, 3.05) is 0 Å². The van der Waals surface area contributed by atoms with Crippen LogP contribution in [0.2, 0.25) is 0 Å². The summed E-state index contributed by atoms with van der Waals surface area (Å²) in [6, 6.07) is 8.71. The number of ether oxygens (including phenoxy) is 1. The molecule has 0 heterocycles. The zero-order chi connectivity index (χ0) is 12.8. The van der Waals surface area contributed by atoms with E-state index >= 15 is 0 Å². The Bertz CT molecular complexity index is 296. The van der Waals surface area contributed by atoms with Crippen molar-refractivity contribution in [1.29, 1.82) is 0 Å². The Kier molecular flexibility index (Phi) is 13.8. The van der Waals surface area contributed by atoms with Gasteiger partial charge in [0.1, 0.15) is 5.75 Å². The summed E-state index contributed by atoms with van der Waals surface area (Å²) in [6.45, 7) is 7.61. The summed E-state index contributed by atoms with van der Waals surface area (Å²) in [5.41, 5.74) is 1.22. The SMILES string of the molecule is C=CCl.C=COC(C)=O.Oc1ccccc1. The largest absolute Gasteiger partial charge is 0.508 e. The number of carbonyl (C=O) groups is 1. The maximum atomic E-state index is 9.75. The number of rotatable bonds is 1. The van der Waals surface area contributed by atoms with E-state index in [4.69, 9.17) is 16.7 Å². The monoisotopic (exact) mass is 242 g/mol. The van der Waals surface area contributed by atoms with Crippen LogP contribution in [0.5, 0.6) is 5.75 Å². The Balaban J connectivity index is 0. The number of carbonyl (C=O) groups excluding carboxylic acids is 1. The minimum Gasteiger partial charge on any atom is -0.508 e. The molecule has 0 radical (unpaired) electrons. The molecule has 0 unspecified atom stereocenters. The minimum atomic E-state index is -0.329. The van der Waals surface area contributed by atoms with Gasteiger partial charge in [-0.25, -0.2) is 0 Å². The number of benzene rings is 1. The highest BCUT2D eigenvalue weighted by atomic mass is 35.5. The lowest BCUT2D eigenvalue weighted by molar-refractivity contribution is -0.135. The van der Waals surface area contributed by atoms with E-state index in [1.54, 1.807) is 24.3 Å². The van der Waals surface area contributed by atoms with Crippen molar-refractivity contribution in [3.63, 3.8) is 0 Å². The molecule has 0 bridgehead atoms. The molecule has 1 N–H and O–H groups in total. The molecule has 0 spiro atoms. The Morgan fingerprint density at radius 2 is 1.81 bits per heavy atom. The van der Waals surface area contributed by atoms with Gasteiger partial charge in [-0.2, -0.15) is 0 Å². The van der Waals surface area contributed by atoms with E-state index in [2.05, 4.69) is 17.9 Å². The van der Waals surface area contributed by atoms with E-state index in [1.165, 1.54) is 12.5 Å². The van der Waals surface area contributed by atoms with E-state index in [1.807, 2.05) is 6.07 Å². The van der Waals surface area contributed by atoms with Crippen molar-refractivity contribution in [3.05, 3.63) is 55.3 Å². The molecule has 0 saturated carbocycles. The second-order valence-corrected chi connectivity index (χ2v) is 2.57. The molecule has 0 aliphatic heterocycles. The Morgan fingerprint density at radius 3 is 1.94 bits per heavy atom. The third kappa shape index (κ3) is 18.1. The van der Waals surface area contributed by atoms with Gasteiger partial charge < -0.3 is 9.84 Å². The first kappa shape index (κ1) is 16.7. The Morgan fingerprint density at radius 1 is 1.38 bits per heavy atom. The lowest BCUT2D eigenvalue weighted by atomic mass is 10.3. The average Bonchev–Trinajstić information content (AvgIpc) is 2.20. The maximum Gasteiger partial charge on any atom is 0.307 e. The van der Waals surface area contributed by atoms with Crippen molar-refractivity contribution in [1.82, 2.24) is 0 Å². The number of phenolic OH excluding ortho intramolecular Hbond substituents is 1. The standard InChI is InChI=1S/C6H6O.C4H6O2.C2H3Cl/c7-6-4-2-1-3-5-6;1-3-6-4(2)5;1-2-3/h1-5,7H;3H,1H2,2H3;2H,1H2. The molecule has 0 atom stereocenters. The molecule has 4 heteroatoms. The number of hydrogen-bond acceptors (Lipinski definition) is 3. The van der Waals surface area contributed by atoms with Crippen molar-refractivity contribution in [2.24, 2.45) is 0 Å². The zero-order valence-electron chi connectivity index (χ0n) is 9.10. The lowest BCUT2D eigenvalue weighted by Crippen LogP contribution is -1.87. The first-order valence-electron chi connectivity index (χ1n) is 4.31. The van der Waals surface area contributed by atoms with Crippen LogP contribution in [0.4, 0.5) is 0 Å². The zero-order valence-corrected chi connectivity index (χ0v) is 9.85. The van der Waals surface area contributed by atoms with Crippen LogP contribution >= 0.6 is 11.6 Å². The summed E-state index contributed by atoms with van der Waals surface area (Å²) in [6.07, 6.45) is 1.10. The molecule has 0 fully saturated rings. The van der Waals surface area contributed by atoms with Crippen molar-refractivity contribution in [3.8, 4) is 5.75 Å². The number of aromatic hydroxyl groups is 1. The summed E-state index contributed by atoms with van der Waals surface area (Å²) in [5, 5.41) is 8.63. The molecule has 1 aromatic rings. The summed E-state index contributed by atoms with van der Waals surface area (Å²) in [7, 11) is 0. The highest BCUT2D eigenvalue weighted by Crippen LogP contribution is 2.02. The van der Waals surface area contributed by atoms with E-state index in [-0.39, 0.29) is 5.97 Å². The van der Waals surface area contributed by atoms with Gasteiger partial charge in [0, 0.05) is 6.92 Å². The quantitative estimate of drug-likeness (QED) is 0.606. The summed E-state index contributed by atoms with van der Waals surface area (Å²) in [4.78, 5) is 9.75. The first-order chi connectivity index (χ1) is 7.58. The van der Waals surface area contributed by atoms with Gasteiger partial charge in [-0.3, -0.25) is 4.79 Å². The molecule has 1 aromatic carbocycles. The predicted molar refractivity (Wildman–Crippen MR) is 66.1 cm³/mol. The molecular weight excluding hydrogens is 228 g/mol. The van der Waals surface area contributed by atoms with Crippen LogP contribution in [-0.4, -0.2) is 11.1 Å². The van der Waals surface area contributed by atoms with Gasteiger partial charge >= 0.3 is 5.97 Å². The van der Waals surface area contributed by atoms with Crippen molar-refractivity contribution >= 4 is 17.6 Å². The smallest absolute Gasteiger partial charge is 0.307 e. The van der Waals surface area contributed by atoms with Crippen molar-refractivity contribution < 1.29 is 14.6 Å². The van der Waals surface area contributed by atoms with Crippen LogP contribution in [0.25, 0.3) is 0 Å². The maximum absolute atomic E-state index is 9.75. The highest BCUT2D eigenvalue weighted by molar-refractivity contribution is 6.25. The predicted octanol–water partition coefficient (Wildman–Crippen LogP) is 3.45. The van der Waals surface area contributed by atoms with Crippen LogP contribution in [0.1, 0.15) is 6.92 Å². The number of esters is 1. The van der Waals surface area contributed by atoms with Gasteiger partial charge in [0.25, 0.3) is 0 Å². The third-order valence-electron chi connectivity index (χ3n) is 1.01. The van der Waals surface area contributed by atoms with Gasteiger partial charge in [-0.1, -0.05) is 43.0 Å². The van der Waals surface area contributed by atoms with Gasteiger partial charge in [-0.15, -0.1) is 0 Å². The molecule has 88 valence electrons. The fourth-order valence-electron chi connectivity index (χ4n) is 0.545. The van der Waals surface area contributed by atoms with Crippen LogP contribution in [0.15, 0.2) is 55.3 Å². The second-order valence-electron chi connectivity index (χ2n) is 2.27. The molecular formula is C12H15ClO3. The summed E-state index contributed by atoms with van der Waals surface area (Å²) < 4.78 is 4.17. The second kappa shape index (κ2) is 13.3. The third-order valence-corrected chi connectivity index (χ3v) is 1.01. The lowest BCUT2D eigenvalue weighted by Gasteiger charge is -1.83.